The fourth-order valence-corrected chi connectivity index (χ4v) is 1.97. The van der Waals surface area contributed by atoms with Gasteiger partial charge in [0.25, 0.3) is 0 Å². The van der Waals surface area contributed by atoms with Gasteiger partial charge in [-0.2, -0.15) is 0 Å². The van der Waals surface area contributed by atoms with Crippen LogP contribution in [0.2, 0.25) is 5.02 Å². The van der Waals surface area contributed by atoms with Crippen molar-refractivity contribution >= 4 is 39.2 Å². The van der Waals surface area contributed by atoms with E-state index in [2.05, 4.69) is 15.9 Å². The molecule has 0 spiro atoms. The maximum absolute atomic E-state index is 10.4. The van der Waals surface area contributed by atoms with Crippen molar-refractivity contribution in [3.05, 3.63) is 27.2 Å². The Bertz CT molecular complexity index is 331. The van der Waals surface area contributed by atoms with Crippen LogP contribution < -0.4 is 5.73 Å². The summed E-state index contributed by atoms with van der Waals surface area (Å²) in [7, 11) is 0. The zero-order valence-electron chi connectivity index (χ0n) is 6.55. The van der Waals surface area contributed by atoms with Crippen molar-refractivity contribution in [2.24, 2.45) is 0 Å². The summed E-state index contributed by atoms with van der Waals surface area (Å²) in [5, 5.41) is 8.94. The summed E-state index contributed by atoms with van der Waals surface area (Å²) in [6.07, 6.45) is -0.111. The van der Waals surface area contributed by atoms with Crippen molar-refractivity contribution in [1.29, 1.82) is 0 Å². The van der Waals surface area contributed by atoms with Crippen LogP contribution >= 0.6 is 27.5 Å². The van der Waals surface area contributed by atoms with Crippen molar-refractivity contribution in [2.45, 2.75) is 6.42 Å². The molecular formula is C8H7BrClNO2. The minimum atomic E-state index is -0.924. The second kappa shape index (κ2) is 3.98. The molecule has 1 rings (SSSR count). The van der Waals surface area contributed by atoms with Crippen LogP contribution in [0.5, 0.6) is 0 Å². The van der Waals surface area contributed by atoms with Gasteiger partial charge in [-0.25, -0.2) is 0 Å². The Morgan fingerprint density at radius 1 is 1.62 bits per heavy atom. The van der Waals surface area contributed by atoms with E-state index in [0.717, 1.165) is 0 Å². The molecule has 5 heteroatoms. The quantitative estimate of drug-likeness (QED) is 0.806. The SMILES string of the molecule is Nc1cc(Cl)c(CC(=O)O)c(Br)c1. The molecule has 0 atom stereocenters. The number of benzene rings is 1. The highest BCUT2D eigenvalue weighted by Crippen LogP contribution is 2.28. The average molecular weight is 265 g/mol. The number of hydrogen-bond acceptors (Lipinski definition) is 2. The predicted molar refractivity (Wildman–Crippen MR) is 54.9 cm³/mol. The van der Waals surface area contributed by atoms with Crippen LogP contribution in [-0.4, -0.2) is 11.1 Å². The number of rotatable bonds is 2. The van der Waals surface area contributed by atoms with Gasteiger partial charge < -0.3 is 10.8 Å². The Morgan fingerprint density at radius 3 is 2.69 bits per heavy atom. The van der Waals surface area contributed by atoms with Gasteiger partial charge in [-0.05, 0) is 17.7 Å². The molecule has 0 unspecified atom stereocenters. The van der Waals surface area contributed by atoms with Gasteiger partial charge >= 0.3 is 5.97 Å². The van der Waals surface area contributed by atoms with Gasteiger partial charge in [0, 0.05) is 15.2 Å². The minimum Gasteiger partial charge on any atom is -0.481 e. The highest BCUT2D eigenvalue weighted by Gasteiger charge is 2.10. The van der Waals surface area contributed by atoms with E-state index in [0.29, 0.717) is 20.7 Å². The smallest absolute Gasteiger partial charge is 0.307 e. The van der Waals surface area contributed by atoms with Crippen LogP contribution in [-0.2, 0) is 11.2 Å². The molecule has 0 aliphatic carbocycles. The molecule has 70 valence electrons. The summed E-state index contributed by atoms with van der Waals surface area (Å²) in [5.74, 6) is -0.924. The number of carboxylic acids is 1. The van der Waals surface area contributed by atoms with Crippen molar-refractivity contribution in [1.82, 2.24) is 0 Å². The first-order valence-corrected chi connectivity index (χ1v) is 4.63. The van der Waals surface area contributed by atoms with Crippen LogP contribution in [0.1, 0.15) is 5.56 Å². The average Bonchev–Trinajstić information content (AvgIpc) is 1.96. The first-order valence-electron chi connectivity index (χ1n) is 3.46. The maximum Gasteiger partial charge on any atom is 0.307 e. The van der Waals surface area contributed by atoms with Gasteiger partial charge in [0.05, 0.1) is 6.42 Å². The largest absolute Gasteiger partial charge is 0.481 e. The molecule has 1 aromatic rings. The molecule has 0 amide bonds. The lowest BCUT2D eigenvalue weighted by atomic mass is 10.1. The maximum atomic E-state index is 10.4. The Kier molecular flexibility index (Phi) is 3.17. The molecule has 0 fully saturated rings. The van der Waals surface area contributed by atoms with E-state index >= 15 is 0 Å². The Labute approximate surface area is 88.6 Å². The lowest BCUT2D eigenvalue weighted by Crippen LogP contribution is -2.02. The van der Waals surface area contributed by atoms with Crippen molar-refractivity contribution < 1.29 is 9.90 Å². The zero-order chi connectivity index (χ0) is 10.0. The van der Waals surface area contributed by atoms with Gasteiger partial charge in [0.15, 0.2) is 0 Å². The predicted octanol–water partition coefficient (Wildman–Crippen LogP) is 2.31. The molecule has 0 aliphatic rings. The molecule has 0 aromatic heterocycles. The highest BCUT2D eigenvalue weighted by atomic mass is 79.9. The van der Waals surface area contributed by atoms with E-state index in [1.165, 1.54) is 6.07 Å². The molecule has 3 nitrogen and oxygen atoms in total. The van der Waals surface area contributed by atoms with Crippen LogP contribution in [0.3, 0.4) is 0 Å². The highest BCUT2D eigenvalue weighted by molar-refractivity contribution is 9.10. The third-order valence-corrected chi connectivity index (χ3v) is 2.54. The van der Waals surface area contributed by atoms with Crippen LogP contribution in [0, 0.1) is 0 Å². The molecule has 1 aromatic carbocycles. The van der Waals surface area contributed by atoms with Crippen LogP contribution in [0.15, 0.2) is 16.6 Å². The number of aliphatic carboxylic acids is 1. The monoisotopic (exact) mass is 263 g/mol. The lowest BCUT2D eigenvalue weighted by Gasteiger charge is -2.05. The van der Waals surface area contributed by atoms with E-state index in [4.69, 9.17) is 22.4 Å². The van der Waals surface area contributed by atoms with Gasteiger partial charge in [0.2, 0.25) is 0 Å². The number of nitrogens with two attached hydrogens (primary N) is 1. The molecule has 3 N–H and O–H groups in total. The molecule has 13 heavy (non-hydrogen) atoms. The molecule has 0 heterocycles. The molecule has 0 saturated heterocycles. The summed E-state index contributed by atoms with van der Waals surface area (Å²) in [6.45, 7) is 0. The van der Waals surface area contributed by atoms with E-state index in [-0.39, 0.29) is 6.42 Å². The minimum absolute atomic E-state index is 0.111. The van der Waals surface area contributed by atoms with Crippen molar-refractivity contribution in [3.63, 3.8) is 0 Å². The standard InChI is InChI=1S/C8H7BrClNO2/c9-6-1-4(11)2-7(10)5(6)3-8(12)13/h1-2H,3,11H2,(H,12,13). The Morgan fingerprint density at radius 2 is 2.23 bits per heavy atom. The first-order chi connectivity index (χ1) is 6.00. The van der Waals surface area contributed by atoms with Crippen LogP contribution in [0.4, 0.5) is 5.69 Å². The second-order valence-electron chi connectivity index (χ2n) is 2.53. The Balaban J connectivity index is 3.13. The normalized spacial score (nSPS) is 10.0. The fourth-order valence-electron chi connectivity index (χ4n) is 0.943. The number of anilines is 1. The number of nitrogen functional groups attached to an aromatic ring is 1. The molecule has 0 bridgehead atoms. The zero-order valence-corrected chi connectivity index (χ0v) is 8.89. The second-order valence-corrected chi connectivity index (χ2v) is 3.80. The third-order valence-electron chi connectivity index (χ3n) is 1.49. The lowest BCUT2D eigenvalue weighted by molar-refractivity contribution is -0.136. The molecule has 0 saturated carbocycles. The van der Waals surface area contributed by atoms with Gasteiger partial charge in [-0.15, -0.1) is 0 Å². The van der Waals surface area contributed by atoms with Gasteiger partial charge in [-0.3, -0.25) is 4.79 Å². The third kappa shape index (κ3) is 2.60. The molecule has 0 aliphatic heterocycles. The summed E-state index contributed by atoms with van der Waals surface area (Å²) in [5.41, 5.74) is 6.55. The van der Waals surface area contributed by atoms with E-state index < -0.39 is 5.97 Å². The van der Waals surface area contributed by atoms with Gasteiger partial charge in [0.1, 0.15) is 0 Å². The number of carbonyl (C=O) groups is 1. The fraction of sp³-hybridized carbons (Fsp3) is 0.125. The van der Waals surface area contributed by atoms with Crippen molar-refractivity contribution in [2.75, 3.05) is 5.73 Å². The number of hydrogen-bond donors (Lipinski definition) is 2. The topological polar surface area (TPSA) is 63.3 Å². The summed E-state index contributed by atoms with van der Waals surface area (Å²) < 4.78 is 0.625. The van der Waals surface area contributed by atoms with E-state index in [9.17, 15) is 4.79 Å². The van der Waals surface area contributed by atoms with Crippen molar-refractivity contribution in [3.8, 4) is 0 Å². The summed E-state index contributed by atoms with van der Waals surface area (Å²) in [6, 6.07) is 3.16. The summed E-state index contributed by atoms with van der Waals surface area (Å²) >= 11 is 9.00. The van der Waals surface area contributed by atoms with Gasteiger partial charge in [-0.1, -0.05) is 27.5 Å². The Hall–Kier alpha value is -0.740. The molecule has 0 radical (unpaired) electrons. The first kappa shape index (κ1) is 10.3. The number of carboxylic acid groups (broad SMARTS) is 1. The van der Waals surface area contributed by atoms with E-state index in [1.54, 1.807) is 6.07 Å². The molecular weight excluding hydrogens is 257 g/mol. The summed E-state index contributed by atoms with van der Waals surface area (Å²) in [4.78, 5) is 10.4. The number of halogens is 2. The van der Waals surface area contributed by atoms with E-state index in [1.807, 2.05) is 0 Å². The van der Waals surface area contributed by atoms with Crippen LogP contribution in [0.25, 0.3) is 0 Å².